The Balaban J connectivity index is 1.50. The Morgan fingerprint density at radius 1 is 0.486 bits per heavy atom. The molecule has 0 saturated carbocycles. The van der Waals surface area contributed by atoms with E-state index in [2.05, 4.69) is 0 Å². The predicted octanol–water partition coefficient (Wildman–Crippen LogP) is 7.02. The third kappa shape index (κ3) is 8.45. The Hall–Kier alpha value is -3.86. The number of ether oxygens (including phenoxy) is 4. The van der Waals surface area contributed by atoms with E-state index in [9.17, 15) is 0 Å². The van der Waals surface area contributed by atoms with Crippen molar-refractivity contribution >= 4 is 0 Å². The minimum absolute atomic E-state index is 0.376. The third-order valence-electron chi connectivity index (χ3n) is 5.26. The van der Waals surface area contributed by atoms with Gasteiger partial charge >= 0.3 is 0 Å². The van der Waals surface area contributed by atoms with Gasteiger partial charge in [0, 0.05) is 0 Å². The van der Waals surface area contributed by atoms with Gasteiger partial charge in [-0.3, -0.25) is 0 Å². The molecule has 0 aliphatic carbocycles. The summed E-state index contributed by atoms with van der Waals surface area (Å²) in [5, 5.41) is 0. The lowest BCUT2D eigenvalue weighted by Gasteiger charge is -2.22. The van der Waals surface area contributed by atoms with Crippen LogP contribution in [0.15, 0.2) is 133 Å². The highest BCUT2D eigenvalue weighted by molar-refractivity contribution is 5.16. The van der Waals surface area contributed by atoms with Crippen LogP contribution in [0.5, 0.6) is 0 Å². The largest absolute Gasteiger partial charge is 0.493 e. The van der Waals surface area contributed by atoms with Gasteiger partial charge in [0.1, 0.15) is 19.5 Å². The quantitative estimate of drug-likeness (QED) is 0.157. The summed E-state index contributed by atoms with van der Waals surface area (Å²) < 4.78 is 24.5. The highest BCUT2D eigenvalue weighted by Crippen LogP contribution is 2.19. The zero-order chi connectivity index (χ0) is 24.0. The molecule has 0 aromatic heterocycles. The van der Waals surface area contributed by atoms with Gasteiger partial charge in [0.25, 0.3) is 0 Å². The minimum Gasteiger partial charge on any atom is -0.493 e. The molecule has 0 amide bonds. The summed E-state index contributed by atoms with van der Waals surface area (Å²) in [5.74, 6) is 0.483. The first-order chi connectivity index (χ1) is 17.4. The Labute approximate surface area is 207 Å². The molecule has 4 aromatic carbocycles. The molecule has 0 saturated heterocycles. The molecule has 0 bridgehead atoms. The summed E-state index contributed by atoms with van der Waals surface area (Å²) in [4.78, 5) is 0. The van der Waals surface area contributed by atoms with Crippen molar-refractivity contribution in [3.05, 3.63) is 156 Å². The van der Waals surface area contributed by atoms with Crippen molar-refractivity contribution < 1.29 is 18.9 Å². The number of benzene rings is 4. The van der Waals surface area contributed by atoms with Crippen molar-refractivity contribution in [1.29, 1.82) is 0 Å². The highest BCUT2D eigenvalue weighted by atomic mass is 16.7. The summed E-state index contributed by atoms with van der Waals surface area (Å²) in [5.41, 5.74) is 4.21. The summed E-state index contributed by atoms with van der Waals surface area (Å²) in [6.07, 6.45) is 0.867. The SMILES string of the molecule is C(/OCc1ccccc1)=C(\OCc1ccccc1)C(OCc1ccccc1)OCc1ccccc1. The van der Waals surface area contributed by atoms with Crippen LogP contribution in [0.25, 0.3) is 0 Å². The Morgan fingerprint density at radius 3 is 1.29 bits per heavy atom. The first-order valence-electron chi connectivity index (χ1n) is 11.7. The van der Waals surface area contributed by atoms with E-state index in [1.807, 2.05) is 121 Å². The molecule has 178 valence electrons. The maximum absolute atomic E-state index is 6.21. The smallest absolute Gasteiger partial charge is 0.220 e. The molecule has 0 heterocycles. The second kappa shape index (κ2) is 13.8. The Morgan fingerprint density at radius 2 is 0.857 bits per heavy atom. The molecule has 4 nitrogen and oxygen atoms in total. The average molecular weight is 467 g/mol. The topological polar surface area (TPSA) is 36.9 Å². The minimum atomic E-state index is -0.741. The van der Waals surface area contributed by atoms with Gasteiger partial charge in [-0.1, -0.05) is 121 Å². The predicted molar refractivity (Wildman–Crippen MR) is 137 cm³/mol. The van der Waals surface area contributed by atoms with Gasteiger partial charge in [-0.2, -0.15) is 0 Å². The fourth-order valence-electron chi connectivity index (χ4n) is 3.40. The fraction of sp³-hybridized carbons (Fsp3) is 0.161. The van der Waals surface area contributed by atoms with Crippen molar-refractivity contribution in [2.24, 2.45) is 0 Å². The summed E-state index contributed by atoms with van der Waals surface area (Å²) in [7, 11) is 0. The summed E-state index contributed by atoms with van der Waals surface area (Å²) >= 11 is 0. The molecule has 4 rings (SSSR count). The lowest BCUT2D eigenvalue weighted by atomic mass is 10.2. The lowest BCUT2D eigenvalue weighted by Crippen LogP contribution is -2.22. The van der Waals surface area contributed by atoms with E-state index in [0.717, 1.165) is 22.3 Å². The number of rotatable bonds is 13. The molecule has 4 aromatic rings. The van der Waals surface area contributed by atoms with E-state index >= 15 is 0 Å². The second-order valence-corrected chi connectivity index (χ2v) is 8.02. The van der Waals surface area contributed by atoms with Crippen LogP contribution in [0.4, 0.5) is 0 Å². The van der Waals surface area contributed by atoms with Gasteiger partial charge in [-0.05, 0) is 22.3 Å². The summed E-state index contributed by atoms with van der Waals surface area (Å²) in [6.45, 7) is 1.56. The number of hydrogen-bond acceptors (Lipinski definition) is 4. The van der Waals surface area contributed by atoms with E-state index in [-0.39, 0.29) is 0 Å². The third-order valence-corrected chi connectivity index (χ3v) is 5.26. The lowest BCUT2D eigenvalue weighted by molar-refractivity contribution is -0.159. The van der Waals surface area contributed by atoms with E-state index in [1.165, 1.54) is 0 Å². The number of hydrogen-bond donors (Lipinski definition) is 0. The highest BCUT2D eigenvalue weighted by Gasteiger charge is 2.19. The first kappa shape index (κ1) is 24.3. The van der Waals surface area contributed by atoms with E-state index in [0.29, 0.717) is 32.2 Å². The molecule has 0 fully saturated rings. The molecular formula is C31H30O4. The van der Waals surface area contributed by atoms with E-state index < -0.39 is 6.29 Å². The fourth-order valence-corrected chi connectivity index (χ4v) is 3.40. The molecule has 35 heavy (non-hydrogen) atoms. The van der Waals surface area contributed by atoms with Gasteiger partial charge < -0.3 is 18.9 Å². The van der Waals surface area contributed by atoms with Crippen LogP contribution in [0, 0.1) is 0 Å². The van der Waals surface area contributed by atoms with Crippen LogP contribution in [-0.2, 0) is 45.4 Å². The van der Waals surface area contributed by atoms with Crippen molar-refractivity contribution in [3.63, 3.8) is 0 Å². The van der Waals surface area contributed by atoms with E-state index in [1.54, 1.807) is 6.26 Å². The van der Waals surface area contributed by atoms with Gasteiger partial charge in [0.05, 0.1) is 13.2 Å². The van der Waals surface area contributed by atoms with Crippen LogP contribution >= 0.6 is 0 Å². The second-order valence-electron chi connectivity index (χ2n) is 8.02. The van der Waals surface area contributed by atoms with Gasteiger partial charge in [0.2, 0.25) is 6.29 Å². The standard InChI is InChI=1S/C31H30O4/c1-5-13-26(14-6-1)21-32-25-30(33-22-27-15-7-2-8-16-27)31(34-23-28-17-9-3-10-18-28)35-24-29-19-11-4-12-20-29/h1-20,25,31H,21-24H2/b30-25+. The Kier molecular flexibility index (Phi) is 9.54. The molecule has 4 heteroatoms. The molecule has 0 N–H and O–H groups in total. The van der Waals surface area contributed by atoms with Gasteiger partial charge in [0.15, 0.2) is 5.76 Å². The van der Waals surface area contributed by atoms with Crippen molar-refractivity contribution in [2.75, 3.05) is 0 Å². The van der Waals surface area contributed by atoms with Gasteiger partial charge in [-0.15, -0.1) is 0 Å². The Bertz CT molecular complexity index is 1090. The zero-order valence-electron chi connectivity index (χ0n) is 19.7. The van der Waals surface area contributed by atoms with Crippen LogP contribution in [0.3, 0.4) is 0 Å². The zero-order valence-corrected chi connectivity index (χ0v) is 19.7. The van der Waals surface area contributed by atoms with Crippen LogP contribution < -0.4 is 0 Å². The van der Waals surface area contributed by atoms with Crippen molar-refractivity contribution in [1.82, 2.24) is 0 Å². The molecule has 0 aliphatic heterocycles. The molecule has 0 atom stereocenters. The summed E-state index contributed by atoms with van der Waals surface area (Å²) in [6, 6.07) is 40.0. The van der Waals surface area contributed by atoms with E-state index in [4.69, 9.17) is 18.9 Å². The molecule has 0 unspecified atom stereocenters. The molecule has 0 spiro atoms. The first-order valence-corrected chi connectivity index (χ1v) is 11.7. The molecule has 0 radical (unpaired) electrons. The molecule has 0 aliphatic rings. The van der Waals surface area contributed by atoms with Crippen molar-refractivity contribution in [2.45, 2.75) is 32.7 Å². The van der Waals surface area contributed by atoms with Gasteiger partial charge in [-0.25, -0.2) is 0 Å². The maximum Gasteiger partial charge on any atom is 0.220 e. The average Bonchev–Trinajstić information content (AvgIpc) is 2.93. The van der Waals surface area contributed by atoms with Crippen LogP contribution in [-0.4, -0.2) is 6.29 Å². The molecular weight excluding hydrogens is 436 g/mol. The monoisotopic (exact) mass is 466 g/mol. The normalized spacial score (nSPS) is 11.4. The van der Waals surface area contributed by atoms with Crippen molar-refractivity contribution in [3.8, 4) is 0 Å². The maximum atomic E-state index is 6.21. The van der Waals surface area contributed by atoms with Crippen LogP contribution in [0.1, 0.15) is 22.3 Å². The van der Waals surface area contributed by atoms with Crippen LogP contribution in [0.2, 0.25) is 0 Å².